The minimum atomic E-state index is 0.294. The molecular formula is C9H11N7. The highest BCUT2D eigenvalue weighted by atomic mass is 15.5. The Balaban J connectivity index is 1.93. The molecule has 0 amide bonds. The van der Waals surface area contributed by atoms with E-state index in [2.05, 4.69) is 30.9 Å². The molecule has 2 rings (SSSR count). The molecule has 4 N–H and O–H groups in total. The molecule has 7 heteroatoms. The van der Waals surface area contributed by atoms with Crippen molar-refractivity contribution < 1.29 is 0 Å². The number of para-hydroxylation sites is 1. The van der Waals surface area contributed by atoms with Crippen molar-refractivity contribution in [3.05, 3.63) is 36.2 Å². The lowest BCUT2D eigenvalue weighted by Gasteiger charge is -2.03. The number of aromatic nitrogens is 4. The predicted octanol–water partition coefficient (Wildman–Crippen LogP) is 0.126. The van der Waals surface area contributed by atoms with E-state index in [0.29, 0.717) is 18.3 Å². The fourth-order valence-corrected chi connectivity index (χ4v) is 1.11. The van der Waals surface area contributed by atoms with Crippen LogP contribution in [0.15, 0.2) is 35.3 Å². The highest BCUT2D eigenvalue weighted by Crippen LogP contribution is 2.03. The molecule has 0 fully saturated rings. The van der Waals surface area contributed by atoms with Gasteiger partial charge in [0.25, 0.3) is 0 Å². The number of hydrogen-bond donors (Lipinski definition) is 3. The molecule has 2 aromatic rings. The molecule has 1 heterocycles. The van der Waals surface area contributed by atoms with E-state index in [9.17, 15) is 0 Å². The third-order valence-corrected chi connectivity index (χ3v) is 1.83. The summed E-state index contributed by atoms with van der Waals surface area (Å²) in [5.74, 6) is 0.814. The zero-order chi connectivity index (χ0) is 11.2. The maximum atomic E-state index is 5.68. The maximum Gasteiger partial charge on any atom is 0.196 e. The summed E-state index contributed by atoms with van der Waals surface area (Å²) in [6.45, 7) is 0.294. The second kappa shape index (κ2) is 4.87. The molecule has 0 saturated carbocycles. The number of tetrazole rings is 1. The Morgan fingerprint density at radius 2 is 2.19 bits per heavy atom. The van der Waals surface area contributed by atoms with Gasteiger partial charge in [0.1, 0.15) is 6.54 Å². The van der Waals surface area contributed by atoms with Gasteiger partial charge in [0.05, 0.1) is 0 Å². The molecular weight excluding hydrogens is 206 g/mol. The number of guanidine groups is 1. The molecule has 0 atom stereocenters. The van der Waals surface area contributed by atoms with Crippen molar-refractivity contribution in [3.63, 3.8) is 0 Å². The van der Waals surface area contributed by atoms with Crippen molar-refractivity contribution >= 4 is 11.6 Å². The van der Waals surface area contributed by atoms with E-state index in [1.165, 1.54) is 0 Å². The molecule has 0 aliphatic rings. The SMILES string of the molecule is NC(=NCc1nn[nH]n1)Nc1ccccc1. The average molecular weight is 217 g/mol. The van der Waals surface area contributed by atoms with Gasteiger partial charge in [-0.2, -0.15) is 5.21 Å². The fourth-order valence-electron chi connectivity index (χ4n) is 1.11. The maximum absolute atomic E-state index is 5.68. The van der Waals surface area contributed by atoms with Crippen LogP contribution < -0.4 is 11.1 Å². The highest BCUT2D eigenvalue weighted by molar-refractivity contribution is 5.92. The number of benzene rings is 1. The molecule has 16 heavy (non-hydrogen) atoms. The van der Waals surface area contributed by atoms with Crippen molar-refractivity contribution in [1.82, 2.24) is 20.6 Å². The molecule has 1 aromatic carbocycles. The van der Waals surface area contributed by atoms with E-state index < -0.39 is 0 Å². The van der Waals surface area contributed by atoms with Crippen LogP contribution in [0.1, 0.15) is 5.82 Å². The molecule has 0 unspecified atom stereocenters. The summed E-state index contributed by atoms with van der Waals surface area (Å²) in [5, 5.41) is 16.2. The minimum Gasteiger partial charge on any atom is -0.370 e. The number of H-pyrrole nitrogens is 1. The Morgan fingerprint density at radius 3 is 2.88 bits per heavy atom. The van der Waals surface area contributed by atoms with Crippen LogP contribution in [0.5, 0.6) is 0 Å². The first-order valence-corrected chi connectivity index (χ1v) is 4.69. The second-order valence-electron chi connectivity index (χ2n) is 3.02. The summed E-state index contributed by atoms with van der Waals surface area (Å²) in [5.41, 5.74) is 6.56. The number of aliphatic imine (C=N–C) groups is 1. The van der Waals surface area contributed by atoms with Gasteiger partial charge in [-0.1, -0.05) is 23.4 Å². The summed E-state index contributed by atoms with van der Waals surface area (Å²) < 4.78 is 0. The third kappa shape index (κ3) is 2.77. The molecule has 0 radical (unpaired) electrons. The molecule has 1 aromatic heterocycles. The number of nitrogens with zero attached hydrogens (tertiary/aromatic N) is 4. The number of nitrogens with two attached hydrogens (primary N) is 1. The molecule has 82 valence electrons. The van der Waals surface area contributed by atoms with Gasteiger partial charge in [0.15, 0.2) is 11.8 Å². The van der Waals surface area contributed by atoms with E-state index >= 15 is 0 Å². The Kier molecular flexibility index (Phi) is 3.07. The third-order valence-electron chi connectivity index (χ3n) is 1.83. The molecule has 0 spiro atoms. The summed E-state index contributed by atoms with van der Waals surface area (Å²) >= 11 is 0. The summed E-state index contributed by atoms with van der Waals surface area (Å²) in [4.78, 5) is 4.06. The number of nitrogens with one attached hydrogen (secondary N) is 2. The Hall–Kier alpha value is -2.44. The van der Waals surface area contributed by atoms with Crippen LogP contribution in [0.2, 0.25) is 0 Å². The van der Waals surface area contributed by atoms with Crippen LogP contribution in [0, 0.1) is 0 Å². The smallest absolute Gasteiger partial charge is 0.196 e. The average Bonchev–Trinajstić information content (AvgIpc) is 2.81. The van der Waals surface area contributed by atoms with Crippen molar-refractivity contribution in [3.8, 4) is 0 Å². The van der Waals surface area contributed by atoms with E-state index in [1.807, 2.05) is 30.3 Å². The largest absolute Gasteiger partial charge is 0.370 e. The highest BCUT2D eigenvalue weighted by Gasteiger charge is 1.97. The lowest BCUT2D eigenvalue weighted by Crippen LogP contribution is -2.22. The first-order chi connectivity index (χ1) is 7.84. The second-order valence-corrected chi connectivity index (χ2v) is 3.02. The van der Waals surface area contributed by atoms with Gasteiger partial charge < -0.3 is 11.1 Å². The first-order valence-electron chi connectivity index (χ1n) is 4.69. The molecule has 7 nitrogen and oxygen atoms in total. The number of aromatic amines is 1. The van der Waals surface area contributed by atoms with Gasteiger partial charge in [0.2, 0.25) is 0 Å². The number of rotatable bonds is 3. The molecule has 0 aliphatic heterocycles. The van der Waals surface area contributed by atoms with Gasteiger partial charge in [-0.15, -0.1) is 10.2 Å². The normalized spacial score (nSPS) is 11.4. The Bertz CT molecular complexity index is 448. The van der Waals surface area contributed by atoms with E-state index in [1.54, 1.807) is 0 Å². The molecule has 0 saturated heterocycles. The van der Waals surface area contributed by atoms with Crippen LogP contribution >= 0.6 is 0 Å². The van der Waals surface area contributed by atoms with Crippen molar-refractivity contribution in [1.29, 1.82) is 0 Å². The van der Waals surface area contributed by atoms with Crippen molar-refractivity contribution in [2.45, 2.75) is 6.54 Å². The summed E-state index contributed by atoms with van der Waals surface area (Å²) in [7, 11) is 0. The Labute approximate surface area is 91.8 Å². The first kappa shape index (κ1) is 10.1. The number of anilines is 1. The molecule has 0 bridgehead atoms. The van der Waals surface area contributed by atoms with Gasteiger partial charge in [-0.05, 0) is 12.1 Å². The van der Waals surface area contributed by atoms with Gasteiger partial charge >= 0.3 is 0 Å². The van der Waals surface area contributed by atoms with Crippen molar-refractivity contribution in [2.75, 3.05) is 5.32 Å². The van der Waals surface area contributed by atoms with Crippen LogP contribution in [0.3, 0.4) is 0 Å². The van der Waals surface area contributed by atoms with Gasteiger partial charge in [-0.25, -0.2) is 4.99 Å². The predicted molar refractivity (Wildman–Crippen MR) is 59.6 cm³/mol. The zero-order valence-electron chi connectivity index (χ0n) is 8.46. The summed E-state index contributed by atoms with van der Waals surface area (Å²) in [6, 6.07) is 9.55. The standard InChI is InChI=1S/C9H11N7/c10-9(11-6-8-13-15-16-14-8)12-7-4-2-1-3-5-7/h1-5H,6H2,(H3,10,11,12)(H,13,14,15,16). The van der Waals surface area contributed by atoms with Crippen LogP contribution in [-0.2, 0) is 6.54 Å². The summed E-state index contributed by atoms with van der Waals surface area (Å²) in [6.07, 6.45) is 0. The fraction of sp³-hybridized carbons (Fsp3) is 0.111. The lowest BCUT2D eigenvalue weighted by molar-refractivity contribution is 0.881. The minimum absolute atomic E-state index is 0.294. The van der Waals surface area contributed by atoms with E-state index in [0.717, 1.165) is 5.69 Å². The lowest BCUT2D eigenvalue weighted by atomic mass is 10.3. The Morgan fingerprint density at radius 1 is 1.38 bits per heavy atom. The van der Waals surface area contributed by atoms with Crippen LogP contribution in [0.4, 0.5) is 5.69 Å². The van der Waals surface area contributed by atoms with Crippen LogP contribution in [0.25, 0.3) is 0 Å². The topological polar surface area (TPSA) is 105 Å². The quantitative estimate of drug-likeness (QED) is 0.500. The van der Waals surface area contributed by atoms with E-state index in [-0.39, 0.29) is 0 Å². The van der Waals surface area contributed by atoms with Crippen LogP contribution in [-0.4, -0.2) is 26.6 Å². The van der Waals surface area contributed by atoms with Gasteiger partial charge in [-0.3, -0.25) is 0 Å². The zero-order valence-corrected chi connectivity index (χ0v) is 8.46. The van der Waals surface area contributed by atoms with E-state index in [4.69, 9.17) is 5.73 Å². The van der Waals surface area contributed by atoms with Gasteiger partial charge in [0, 0.05) is 5.69 Å². The molecule has 0 aliphatic carbocycles. The monoisotopic (exact) mass is 217 g/mol. The van der Waals surface area contributed by atoms with Crippen molar-refractivity contribution in [2.24, 2.45) is 10.7 Å². The number of hydrogen-bond acceptors (Lipinski definition) is 4.